The molecule has 0 saturated heterocycles. The zero-order chi connectivity index (χ0) is 19.4. The maximum atomic E-state index is 13.4. The van der Waals surface area contributed by atoms with E-state index in [-0.39, 0.29) is 17.3 Å². The number of nitrogens with zero attached hydrogens (tertiary/aromatic N) is 1. The number of aliphatic hydroxyl groups excluding tert-OH is 1. The molecule has 1 saturated carbocycles. The van der Waals surface area contributed by atoms with Crippen LogP contribution in [0.4, 0.5) is 4.39 Å². The summed E-state index contributed by atoms with van der Waals surface area (Å²) in [7, 11) is 4.18. The van der Waals surface area contributed by atoms with Gasteiger partial charge in [-0.2, -0.15) is 0 Å². The second-order valence-corrected chi connectivity index (χ2v) is 8.79. The summed E-state index contributed by atoms with van der Waals surface area (Å²) in [5, 5.41) is 11.1. The number of rotatable bonds is 6. The van der Waals surface area contributed by atoms with Crippen LogP contribution in [0.2, 0.25) is 5.02 Å². The number of aliphatic hydroxyl groups is 1. The fourth-order valence-electron chi connectivity index (χ4n) is 4.61. The maximum absolute atomic E-state index is 13.4. The summed E-state index contributed by atoms with van der Waals surface area (Å²) in [4.78, 5) is 2.21. The lowest BCUT2D eigenvalue weighted by molar-refractivity contribution is -0.00343. The number of hydrogen-bond acceptors (Lipinski definition) is 2. The van der Waals surface area contributed by atoms with E-state index in [0.717, 1.165) is 49.2 Å². The van der Waals surface area contributed by atoms with Crippen molar-refractivity contribution in [2.75, 3.05) is 20.6 Å². The Labute approximate surface area is 167 Å². The highest BCUT2D eigenvalue weighted by molar-refractivity contribution is 6.30. The lowest BCUT2D eigenvalue weighted by Gasteiger charge is -2.47. The molecule has 1 fully saturated rings. The van der Waals surface area contributed by atoms with Gasteiger partial charge in [0.2, 0.25) is 0 Å². The number of halogens is 2. The zero-order valence-corrected chi connectivity index (χ0v) is 16.9. The third kappa shape index (κ3) is 5.31. The predicted molar refractivity (Wildman–Crippen MR) is 110 cm³/mol. The van der Waals surface area contributed by atoms with Crippen LogP contribution < -0.4 is 0 Å². The molecule has 0 heterocycles. The van der Waals surface area contributed by atoms with Gasteiger partial charge < -0.3 is 10.0 Å². The fourth-order valence-corrected chi connectivity index (χ4v) is 4.73. The molecule has 2 nitrogen and oxygen atoms in total. The van der Waals surface area contributed by atoms with Crippen molar-refractivity contribution in [3.63, 3.8) is 0 Å². The first-order valence-corrected chi connectivity index (χ1v) is 10.1. The molecule has 2 aromatic carbocycles. The summed E-state index contributed by atoms with van der Waals surface area (Å²) in [5.41, 5.74) is 2.46. The van der Waals surface area contributed by atoms with Gasteiger partial charge in [0.1, 0.15) is 5.82 Å². The Balaban J connectivity index is 1.94. The molecule has 2 aromatic rings. The Morgan fingerprint density at radius 2 is 1.59 bits per heavy atom. The predicted octanol–water partition coefficient (Wildman–Crippen LogP) is 4.97. The molecule has 0 aliphatic heterocycles. The van der Waals surface area contributed by atoms with Crippen molar-refractivity contribution in [3.05, 3.63) is 70.5 Å². The van der Waals surface area contributed by atoms with Crippen molar-refractivity contribution in [3.8, 4) is 0 Å². The third-order valence-electron chi connectivity index (χ3n) is 5.92. The molecule has 3 rings (SSSR count). The minimum absolute atomic E-state index is 0.0369. The standard InChI is InChI=1S/C23H29ClFNO/c1-26(2)16-19-13-22(27)11-12-23(19,14-17-3-7-20(24)8-4-17)15-18-5-9-21(25)10-6-18/h3-10,19,22,27H,11-16H2,1-2H3. The summed E-state index contributed by atoms with van der Waals surface area (Å²) in [6.45, 7) is 0.936. The summed E-state index contributed by atoms with van der Waals surface area (Å²) < 4.78 is 13.4. The lowest BCUT2D eigenvalue weighted by atomic mass is 9.60. The van der Waals surface area contributed by atoms with E-state index in [1.54, 1.807) is 12.1 Å². The van der Waals surface area contributed by atoms with Gasteiger partial charge in [0, 0.05) is 11.6 Å². The average Bonchev–Trinajstić information content (AvgIpc) is 2.62. The monoisotopic (exact) mass is 389 g/mol. The van der Waals surface area contributed by atoms with Gasteiger partial charge in [-0.25, -0.2) is 4.39 Å². The molecule has 3 unspecified atom stereocenters. The van der Waals surface area contributed by atoms with Gasteiger partial charge in [-0.3, -0.25) is 0 Å². The van der Waals surface area contributed by atoms with Crippen molar-refractivity contribution in [1.29, 1.82) is 0 Å². The highest BCUT2D eigenvalue weighted by Crippen LogP contribution is 2.46. The van der Waals surface area contributed by atoms with Gasteiger partial charge in [-0.15, -0.1) is 0 Å². The number of hydrogen-bond donors (Lipinski definition) is 1. The molecule has 27 heavy (non-hydrogen) atoms. The van der Waals surface area contributed by atoms with Crippen molar-refractivity contribution in [2.24, 2.45) is 11.3 Å². The van der Waals surface area contributed by atoms with Gasteiger partial charge in [-0.1, -0.05) is 35.9 Å². The Kier molecular flexibility index (Phi) is 6.56. The topological polar surface area (TPSA) is 23.5 Å². The minimum atomic E-state index is -0.235. The molecule has 0 spiro atoms. The van der Waals surface area contributed by atoms with E-state index in [2.05, 4.69) is 31.1 Å². The van der Waals surface area contributed by atoms with Crippen LogP contribution in [0.3, 0.4) is 0 Å². The molecule has 0 aromatic heterocycles. The van der Waals surface area contributed by atoms with E-state index in [9.17, 15) is 9.50 Å². The quantitative estimate of drug-likeness (QED) is 0.753. The van der Waals surface area contributed by atoms with Crippen LogP contribution in [0.25, 0.3) is 0 Å². The summed E-state index contributed by atoms with van der Waals surface area (Å²) in [6, 6.07) is 15.0. The molecule has 146 valence electrons. The van der Waals surface area contributed by atoms with Crippen molar-refractivity contribution in [2.45, 2.75) is 38.2 Å². The third-order valence-corrected chi connectivity index (χ3v) is 6.17. The van der Waals surface area contributed by atoms with Gasteiger partial charge in [0.05, 0.1) is 6.10 Å². The minimum Gasteiger partial charge on any atom is -0.393 e. The molecule has 0 radical (unpaired) electrons. The first-order valence-electron chi connectivity index (χ1n) is 9.68. The normalized spacial score (nSPS) is 25.7. The molecule has 1 N–H and O–H groups in total. The molecule has 1 aliphatic rings. The van der Waals surface area contributed by atoms with Crippen LogP contribution in [0.5, 0.6) is 0 Å². The van der Waals surface area contributed by atoms with Crippen LogP contribution in [0.1, 0.15) is 30.4 Å². The van der Waals surface area contributed by atoms with Gasteiger partial charge in [0.25, 0.3) is 0 Å². The van der Waals surface area contributed by atoms with Crippen molar-refractivity contribution >= 4 is 11.6 Å². The van der Waals surface area contributed by atoms with Crippen molar-refractivity contribution < 1.29 is 9.50 Å². The molecular weight excluding hydrogens is 361 g/mol. The maximum Gasteiger partial charge on any atom is 0.123 e. The van der Waals surface area contributed by atoms with E-state index in [0.29, 0.717) is 5.92 Å². The van der Waals surface area contributed by atoms with E-state index in [1.807, 2.05) is 24.3 Å². The molecule has 0 amide bonds. The van der Waals surface area contributed by atoms with Gasteiger partial charge in [-0.05, 0) is 92.9 Å². The van der Waals surface area contributed by atoms with E-state index in [4.69, 9.17) is 11.6 Å². The highest BCUT2D eigenvalue weighted by atomic mass is 35.5. The van der Waals surface area contributed by atoms with Crippen LogP contribution >= 0.6 is 11.6 Å². The number of benzene rings is 2. The second-order valence-electron chi connectivity index (χ2n) is 8.36. The lowest BCUT2D eigenvalue weighted by Crippen LogP contribution is -2.46. The largest absolute Gasteiger partial charge is 0.393 e. The Hall–Kier alpha value is -1.42. The van der Waals surface area contributed by atoms with E-state index in [1.165, 1.54) is 5.56 Å². The highest BCUT2D eigenvalue weighted by Gasteiger charge is 2.43. The Morgan fingerprint density at radius 1 is 1.04 bits per heavy atom. The van der Waals surface area contributed by atoms with Crippen LogP contribution in [-0.2, 0) is 12.8 Å². The Morgan fingerprint density at radius 3 is 2.15 bits per heavy atom. The Bertz CT molecular complexity index is 680. The van der Waals surface area contributed by atoms with E-state index >= 15 is 0 Å². The van der Waals surface area contributed by atoms with Gasteiger partial charge in [0.15, 0.2) is 0 Å². The zero-order valence-electron chi connectivity index (χ0n) is 16.2. The fraction of sp³-hybridized carbons (Fsp3) is 0.478. The van der Waals surface area contributed by atoms with E-state index < -0.39 is 0 Å². The SMILES string of the molecule is CN(C)CC1CC(O)CCC1(Cc1ccc(F)cc1)Cc1ccc(Cl)cc1. The summed E-state index contributed by atoms with van der Waals surface area (Å²) in [5.74, 6) is 0.173. The summed E-state index contributed by atoms with van der Waals surface area (Å²) in [6.07, 6.45) is 4.19. The molecular formula is C23H29ClFNO. The smallest absolute Gasteiger partial charge is 0.123 e. The molecule has 0 bridgehead atoms. The van der Waals surface area contributed by atoms with Gasteiger partial charge >= 0.3 is 0 Å². The van der Waals surface area contributed by atoms with Crippen LogP contribution in [-0.4, -0.2) is 36.8 Å². The summed E-state index contributed by atoms with van der Waals surface area (Å²) >= 11 is 6.08. The second kappa shape index (κ2) is 8.72. The average molecular weight is 390 g/mol. The first-order chi connectivity index (χ1) is 12.9. The van der Waals surface area contributed by atoms with Crippen LogP contribution in [0.15, 0.2) is 48.5 Å². The van der Waals surface area contributed by atoms with Crippen molar-refractivity contribution in [1.82, 2.24) is 4.90 Å². The molecule has 1 aliphatic carbocycles. The molecule has 3 atom stereocenters. The molecule has 4 heteroatoms. The first kappa shape index (κ1) is 20.3. The van der Waals surface area contributed by atoms with Crippen LogP contribution in [0, 0.1) is 17.2 Å².